The van der Waals surface area contributed by atoms with Crippen LogP contribution in [0.1, 0.15) is 28.7 Å². The number of aliphatic carboxylic acids is 1. The average Bonchev–Trinajstić information content (AvgIpc) is 2.56. The third-order valence-electron chi connectivity index (χ3n) is 3.63. The van der Waals surface area contributed by atoms with E-state index in [1.807, 2.05) is 19.1 Å². The van der Waals surface area contributed by atoms with Gasteiger partial charge in [-0.3, -0.25) is 4.79 Å². The third kappa shape index (κ3) is 5.46. The summed E-state index contributed by atoms with van der Waals surface area (Å²) in [5, 5.41) is 17.7. The average molecular weight is 325 g/mol. The minimum atomic E-state index is -0.768. The van der Waals surface area contributed by atoms with Crippen molar-refractivity contribution in [2.75, 3.05) is 0 Å². The van der Waals surface area contributed by atoms with Crippen LogP contribution < -0.4 is 0 Å². The number of benzene rings is 2. The fourth-order valence-electron chi connectivity index (χ4n) is 2.20. The number of rotatable bonds is 7. The number of carboxylic acids is 1. The van der Waals surface area contributed by atoms with E-state index in [0.29, 0.717) is 17.7 Å². The Balaban J connectivity index is 1.89. The number of aryl methyl sites for hydroxylation is 2. The van der Waals surface area contributed by atoms with Gasteiger partial charge in [0.2, 0.25) is 0 Å². The van der Waals surface area contributed by atoms with Crippen molar-refractivity contribution in [1.82, 2.24) is 0 Å². The van der Waals surface area contributed by atoms with Crippen molar-refractivity contribution in [2.45, 2.75) is 30.8 Å². The number of carbonyl (C=O) groups is 1. The molecule has 0 heterocycles. The van der Waals surface area contributed by atoms with Crippen molar-refractivity contribution in [2.24, 2.45) is 0 Å². The van der Waals surface area contributed by atoms with Crippen molar-refractivity contribution in [3.8, 4) is 6.07 Å². The van der Waals surface area contributed by atoms with Crippen LogP contribution in [0.4, 0.5) is 0 Å². The van der Waals surface area contributed by atoms with Crippen LogP contribution in [0.3, 0.4) is 0 Å². The first kappa shape index (κ1) is 17.1. The Hall–Kier alpha value is -2.25. The van der Waals surface area contributed by atoms with E-state index >= 15 is 0 Å². The van der Waals surface area contributed by atoms with Gasteiger partial charge in [-0.1, -0.05) is 42.0 Å². The summed E-state index contributed by atoms with van der Waals surface area (Å²) in [4.78, 5) is 11.4. The van der Waals surface area contributed by atoms with Crippen molar-refractivity contribution >= 4 is 17.7 Å². The second kappa shape index (κ2) is 8.40. The molecular formula is C19H19NO2S. The van der Waals surface area contributed by atoms with E-state index in [9.17, 15) is 9.90 Å². The van der Waals surface area contributed by atoms with Crippen LogP contribution in [-0.2, 0) is 17.0 Å². The quantitative estimate of drug-likeness (QED) is 0.829. The maximum Gasteiger partial charge on any atom is 0.316 e. The molecule has 0 spiro atoms. The zero-order valence-electron chi connectivity index (χ0n) is 13.0. The molecule has 0 saturated heterocycles. The molecule has 0 radical (unpaired) electrons. The number of carboxylic acid groups (broad SMARTS) is 1. The predicted molar refractivity (Wildman–Crippen MR) is 93.4 cm³/mol. The van der Waals surface area contributed by atoms with E-state index in [2.05, 4.69) is 30.3 Å². The largest absolute Gasteiger partial charge is 0.480 e. The smallest absolute Gasteiger partial charge is 0.316 e. The van der Waals surface area contributed by atoms with E-state index < -0.39 is 11.2 Å². The fourth-order valence-corrected chi connectivity index (χ4v) is 3.22. The summed E-state index contributed by atoms with van der Waals surface area (Å²) in [5.74, 6) is -0.132. The molecule has 0 aliphatic rings. The SMILES string of the molecule is Cc1ccc(CCC(SCc2ccc(C#N)cc2)C(=O)O)cc1. The van der Waals surface area contributed by atoms with Crippen LogP contribution in [-0.4, -0.2) is 16.3 Å². The van der Waals surface area contributed by atoms with Crippen LogP contribution in [0.25, 0.3) is 0 Å². The molecule has 0 aliphatic heterocycles. The van der Waals surface area contributed by atoms with E-state index in [1.165, 1.54) is 22.9 Å². The van der Waals surface area contributed by atoms with Gasteiger partial charge in [-0.05, 0) is 43.0 Å². The minimum Gasteiger partial charge on any atom is -0.480 e. The van der Waals surface area contributed by atoms with Gasteiger partial charge in [0.15, 0.2) is 0 Å². The lowest BCUT2D eigenvalue weighted by atomic mass is 10.1. The van der Waals surface area contributed by atoms with Crippen molar-refractivity contribution in [1.29, 1.82) is 5.26 Å². The van der Waals surface area contributed by atoms with Gasteiger partial charge in [-0.25, -0.2) is 0 Å². The molecule has 0 bridgehead atoms. The molecule has 0 fully saturated rings. The zero-order valence-corrected chi connectivity index (χ0v) is 13.8. The maximum atomic E-state index is 11.4. The lowest BCUT2D eigenvalue weighted by Crippen LogP contribution is -2.17. The summed E-state index contributed by atoms with van der Waals surface area (Å²) in [5.41, 5.74) is 4.03. The van der Waals surface area contributed by atoms with Gasteiger partial charge in [0, 0.05) is 5.75 Å². The molecule has 118 valence electrons. The molecule has 23 heavy (non-hydrogen) atoms. The monoisotopic (exact) mass is 325 g/mol. The van der Waals surface area contributed by atoms with Crippen molar-refractivity contribution < 1.29 is 9.90 Å². The topological polar surface area (TPSA) is 61.1 Å². The fraction of sp³-hybridized carbons (Fsp3) is 0.263. The van der Waals surface area contributed by atoms with Gasteiger partial charge in [-0.15, -0.1) is 11.8 Å². The highest BCUT2D eigenvalue weighted by Crippen LogP contribution is 2.23. The summed E-state index contributed by atoms with van der Waals surface area (Å²) in [7, 11) is 0. The first-order chi connectivity index (χ1) is 11.1. The molecule has 3 nitrogen and oxygen atoms in total. The summed E-state index contributed by atoms with van der Waals surface area (Å²) in [6.07, 6.45) is 1.37. The van der Waals surface area contributed by atoms with E-state index in [-0.39, 0.29) is 0 Å². The predicted octanol–water partition coefficient (Wildman–Crippen LogP) is 4.19. The number of nitriles is 1. The van der Waals surface area contributed by atoms with Crippen molar-refractivity contribution in [3.63, 3.8) is 0 Å². The van der Waals surface area contributed by atoms with E-state index in [0.717, 1.165) is 12.0 Å². The van der Waals surface area contributed by atoms with Crippen LogP contribution >= 0.6 is 11.8 Å². The van der Waals surface area contributed by atoms with Gasteiger partial charge >= 0.3 is 5.97 Å². The molecule has 2 aromatic carbocycles. The second-order valence-corrected chi connectivity index (χ2v) is 6.66. The van der Waals surface area contributed by atoms with Gasteiger partial charge in [0.05, 0.1) is 11.6 Å². The normalized spacial score (nSPS) is 11.7. The lowest BCUT2D eigenvalue weighted by molar-refractivity contribution is -0.136. The van der Waals surface area contributed by atoms with Gasteiger partial charge < -0.3 is 5.11 Å². The Labute approximate surface area is 141 Å². The molecule has 0 saturated carbocycles. The first-order valence-electron chi connectivity index (χ1n) is 7.47. The highest BCUT2D eigenvalue weighted by Gasteiger charge is 2.17. The number of hydrogen-bond donors (Lipinski definition) is 1. The lowest BCUT2D eigenvalue weighted by Gasteiger charge is -2.12. The van der Waals surface area contributed by atoms with Crippen LogP contribution in [0.15, 0.2) is 48.5 Å². The summed E-state index contributed by atoms with van der Waals surface area (Å²) < 4.78 is 0. The Kier molecular flexibility index (Phi) is 6.25. The molecular weight excluding hydrogens is 306 g/mol. The molecule has 2 aromatic rings. The second-order valence-electron chi connectivity index (χ2n) is 5.47. The molecule has 0 aromatic heterocycles. The van der Waals surface area contributed by atoms with Crippen LogP contribution in [0.5, 0.6) is 0 Å². The van der Waals surface area contributed by atoms with Crippen LogP contribution in [0.2, 0.25) is 0 Å². The number of nitrogens with zero attached hydrogens (tertiary/aromatic N) is 1. The Morgan fingerprint density at radius 2 is 1.74 bits per heavy atom. The van der Waals surface area contributed by atoms with Gasteiger partial charge in [0.25, 0.3) is 0 Å². The third-order valence-corrected chi connectivity index (χ3v) is 4.97. The molecule has 1 atom stereocenters. The van der Waals surface area contributed by atoms with Crippen molar-refractivity contribution in [3.05, 3.63) is 70.8 Å². The minimum absolute atomic E-state index is 0.424. The molecule has 0 amide bonds. The Bertz CT molecular complexity index is 687. The standard InChI is InChI=1S/C19H19NO2S/c1-14-2-4-15(5-3-14)10-11-18(19(21)22)23-13-17-8-6-16(12-20)7-9-17/h2-9,18H,10-11,13H2,1H3,(H,21,22). The Morgan fingerprint density at radius 3 is 2.30 bits per heavy atom. The summed E-state index contributed by atoms with van der Waals surface area (Å²) >= 11 is 1.44. The maximum absolute atomic E-state index is 11.4. The highest BCUT2D eigenvalue weighted by atomic mass is 32.2. The van der Waals surface area contributed by atoms with Gasteiger partial charge in [0.1, 0.15) is 5.25 Å². The summed E-state index contributed by atoms with van der Waals surface area (Å²) in [6.45, 7) is 2.04. The molecule has 1 N–H and O–H groups in total. The molecule has 0 aliphatic carbocycles. The van der Waals surface area contributed by atoms with E-state index in [4.69, 9.17) is 5.26 Å². The number of thioether (sulfide) groups is 1. The first-order valence-corrected chi connectivity index (χ1v) is 8.52. The van der Waals surface area contributed by atoms with Gasteiger partial charge in [-0.2, -0.15) is 5.26 Å². The highest BCUT2D eigenvalue weighted by molar-refractivity contribution is 7.99. The molecule has 4 heteroatoms. The van der Waals surface area contributed by atoms with E-state index in [1.54, 1.807) is 12.1 Å². The van der Waals surface area contributed by atoms with Crippen LogP contribution in [0, 0.1) is 18.3 Å². The Morgan fingerprint density at radius 1 is 1.13 bits per heavy atom. The zero-order chi connectivity index (χ0) is 16.7. The molecule has 2 rings (SSSR count). The molecule has 1 unspecified atom stereocenters. The summed E-state index contributed by atoms with van der Waals surface area (Å²) in [6, 6.07) is 17.6. The number of hydrogen-bond acceptors (Lipinski definition) is 3.